The topological polar surface area (TPSA) is 246 Å². The van der Waals surface area contributed by atoms with Gasteiger partial charge in [0.05, 0.1) is 39.6 Å². The van der Waals surface area contributed by atoms with Crippen LogP contribution in [-0.2, 0) is 81.9 Å². The number of carbonyl (C=O) groups is 4. The molecule has 72 heavy (non-hydrogen) atoms. The quantitative estimate of drug-likeness (QED) is 0.0148. The average Bonchev–Trinajstić information content (AvgIpc) is 3.39. The Morgan fingerprint density at radius 3 is 1.01 bits per heavy atom. The zero-order valence-corrected chi connectivity index (χ0v) is 44.5. The van der Waals surface area contributed by atoms with E-state index in [4.69, 9.17) is 27.1 Å². The molecule has 0 fully saturated rings. The zero-order valence-electron chi connectivity index (χ0n) is 41.1. The fourth-order valence-electron chi connectivity index (χ4n) is 6.04. The first kappa shape index (κ1) is 60.2. The lowest BCUT2D eigenvalue weighted by molar-refractivity contribution is -0.137. The van der Waals surface area contributed by atoms with E-state index in [0.29, 0.717) is 24.6 Å². The molecule has 4 aromatic rings. The van der Waals surface area contributed by atoms with Gasteiger partial charge in [0.2, 0.25) is 23.6 Å². The molecule has 4 rings (SSSR count). The maximum absolute atomic E-state index is 13.7. The second-order valence-electron chi connectivity index (χ2n) is 17.7. The summed E-state index contributed by atoms with van der Waals surface area (Å²) in [6.07, 6.45) is -3.21. The molecule has 0 aliphatic heterocycles. The van der Waals surface area contributed by atoms with Crippen molar-refractivity contribution in [1.29, 1.82) is 0 Å². The minimum Gasteiger partial charge on any atom is -0.383 e. The second-order valence-corrected chi connectivity index (χ2v) is 23.7. The highest BCUT2D eigenvalue weighted by atomic mass is 33.1. The first-order valence-electron chi connectivity index (χ1n) is 23.3. The molecule has 22 heteroatoms. The van der Waals surface area contributed by atoms with Crippen molar-refractivity contribution >= 4 is 60.9 Å². The number of carbonyl (C=O) groups excluding carboxylic acids is 4. The molecule has 4 aromatic carbocycles. The molecule has 0 unspecified atom stereocenters. The van der Waals surface area contributed by atoms with Crippen LogP contribution >= 0.6 is 37.2 Å². The summed E-state index contributed by atoms with van der Waals surface area (Å²) in [6, 6.07) is 36.3. The molecule has 0 aromatic heterocycles. The molecule has 0 saturated heterocycles. The van der Waals surface area contributed by atoms with Gasteiger partial charge in [-0.05, 0) is 22.3 Å². The lowest BCUT2D eigenvalue weighted by Gasteiger charge is -2.30. The van der Waals surface area contributed by atoms with Gasteiger partial charge in [0.1, 0.15) is 12.2 Å². The summed E-state index contributed by atoms with van der Waals surface area (Å²) in [5, 5.41) is 32.5. The summed E-state index contributed by atoms with van der Waals surface area (Å²) >= 11 is 0. The van der Waals surface area contributed by atoms with E-state index in [1.165, 1.54) is 21.6 Å². The highest BCUT2D eigenvalue weighted by molar-refractivity contribution is 8.76. The van der Waals surface area contributed by atoms with E-state index >= 15 is 0 Å². The number of nitrogens with one attached hydrogen (secondary N) is 4. The van der Waals surface area contributed by atoms with Crippen LogP contribution in [0.4, 0.5) is 0 Å². The molecule has 0 radical (unpaired) electrons. The average molecular weight is 1080 g/mol. The number of benzene rings is 4. The second kappa shape index (κ2) is 31.4. The van der Waals surface area contributed by atoms with E-state index in [2.05, 4.69) is 21.3 Å². The Balaban J connectivity index is 1.04. The predicted molar refractivity (Wildman–Crippen MR) is 278 cm³/mol. The van der Waals surface area contributed by atoms with E-state index in [0.717, 1.165) is 22.3 Å². The van der Waals surface area contributed by atoms with Gasteiger partial charge in [0, 0.05) is 61.4 Å². The van der Waals surface area contributed by atoms with Gasteiger partial charge in [-0.2, -0.15) is 0 Å². The number of rotatable bonds is 35. The van der Waals surface area contributed by atoms with Crippen LogP contribution in [-0.4, -0.2) is 96.9 Å². The molecule has 0 aliphatic rings. The lowest BCUT2D eigenvalue weighted by Crippen LogP contribution is -2.46. The Hall–Kier alpha value is -4.40. The molecular formula is C50H68N4O14P2S2. The SMILES string of the molecule is CC(C)(COP(=O)(OCc1ccccc1)OCc1ccccc1)[C@@H](O)C(=O)NCCC(=O)NCCSSCCNC(=O)CCNC(=O)[C@H](O)C(C)(C)COP(=O)(OCc1ccccc1)OCc1ccccc1. The largest absolute Gasteiger partial charge is 0.475 e. The van der Waals surface area contributed by atoms with Gasteiger partial charge in [-0.15, -0.1) is 0 Å². The zero-order chi connectivity index (χ0) is 52.3. The molecule has 394 valence electrons. The molecule has 0 spiro atoms. The molecule has 18 nitrogen and oxygen atoms in total. The van der Waals surface area contributed by atoms with E-state index in [1.54, 1.807) is 76.2 Å². The molecule has 2 atom stereocenters. The normalized spacial score (nSPS) is 12.9. The van der Waals surface area contributed by atoms with Gasteiger partial charge >= 0.3 is 15.6 Å². The first-order valence-corrected chi connectivity index (χ1v) is 28.7. The van der Waals surface area contributed by atoms with Gasteiger partial charge in [-0.25, -0.2) is 9.13 Å². The molecule has 4 amide bonds. The van der Waals surface area contributed by atoms with Crippen LogP contribution in [0.25, 0.3) is 0 Å². The van der Waals surface area contributed by atoms with Gasteiger partial charge in [-0.1, -0.05) is 171 Å². The number of hydrogen-bond acceptors (Lipinski definition) is 16. The first-order chi connectivity index (χ1) is 34.4. The Morgan fingerprint density at radius 1 is 0.458 bits per heavy atom. The molecule has 0 aliphatic carbocycles. The third-order valence-corrected chi connectivity index (χ3v) is 15.6. The van der Waals surface area contributed by atoms with E-state index in [-0.39, 0.29) is 77.4 Å². The summed E-state index contributed by atoms with van der Waals surface area (Å²) in [4.78, 5) is 50.6. The van der Waals surface area contributed by atoms with Crippen LogP contribution in [0.2, 0.25) is 0 Å². The maximum Gasteiger partial charge on any atom is 0.475 e. The van der Waals surface area contributed by atoms with Crippen LogP contribution in [0.1, 0.15) is 62.8 Å². The van der Waals surface area contributed by atoms with Crippen molar-refractivity contribution in [2.75, 3.05) is 50.9 Å². The van der Waals surface area contributed by atoms with Crippen LogP contribution in [0, 0.1) is 10.8 Å². The van der Waals surface area contributed by atoms with Crippen LogP contribution in [0.3, 0.4) is 0 Å². The van der Waals surface area contributed by atoms with Crippen molar-refractivity contribution in [1.82, 2.24) is 21.3 Å². The molecule has 0 heterocycles. The minimum absolute atomic E-state index is 0.0279. The van der Waals surface area contributed by atoms with Crippen molar-refractivity contribution in [2.45, 2.75) is 79.2 Å². The number of aliphatic hydroxyl groups is 2. The summed E-state index contributed by atoms with van der Waals surface area (Å²) < 4.78 is 61.3. The minimum atomic E-state index is -4.16. The van der Waals surface area contributed by atoms with Gasteiger partial charge < -0.3 is 31.5 Å². The van der Waals surface area contributed by atoms with E-state index in [9.17, 15) is 38.5 Å². The Morgan fingerprint density at radius 2 is 0.736 bits per heavy atom. The number of phosphoric ester groups is 2. The van der Waals surface area contributed by atoms with Crippen LogP contribution < -0.4 is 21.3 Å². The number of aliphatic hydroxyl groups excluding tert-OH is 2. The summed E-state index contributed by atoms with van der Waals surface area (Å²) in [5.41, 5.74) is 0.544. The van der Waals surface area contributed by atoms with Crippen molar-refractivity contribution in [2.24, 2.45) is 10.8 Å². The van der Waals surface area contributed by atoms with Crippen molar-refractivity contribution in [3.63, 3.8) is 0 Å². The van der Waals surface area contributed by atoms with E-state index < -0.39 is 50.5 Å². The third kappa shape index (κ3) is 23.2. The van der Waals surface area contributed by atoms with Crippen molar-refractivity contribution < 1.29 is 65.7 Å². The van der Waals surface area contributed by atoms with Gasteiger partial charge in [0.25, 0.3) is 0 Å². The Labute approximate surface area is 430 Å². The van der Waals surface area contributed by atoms with Crippen LogP contribution in [0.5, 0.6) is 0 Å². The molecule has 6 N–H and O–H groups in total. The summed E-state index contributed by atoms with van der Waals surface area (Å²) in [7, 11) is -5.32. The fraction of sp³-hybridized carbons (Fsp3) is 0.440. The van der Waals surface area contributed by atoms with E-state index in [1.807, 2.05) is 72.8 Å². The third-order valence-electron chi connectivity index (χ3n) is 10.5. The Bertz CT molecular complexity index is 2080. The molecule has 0 bridgehead atoms. The van der Waals surface area contributed by atoms with Crippen molar-refractivity contribution in [3.8, 4) is 0 Å². The number of phosphoric acid groups is 2. The van der Waals surface area contributed by atoms with Gasteiger partial charge in [-0.3, -0.25) is 46.3 Å². The lowest BCUT2D eigenvalue weighted by atomic mass is 9.87. The molecule has 0 saturated carbocycles. The standard InChI is InChI=1S/C50H68N4O14P2S2/c1-49(2,37-67-69(61,63-33-39-17-9-5-10-18-39)64-34-40-19-11-6-12-20-40)45(57)47(59)53-27-25-43(55)51-29-31-71-72-32-30-52-44(56)26-28-54-48(60)46(58)50(3,4)38-68-70(62,65-35-41-21-13-7-14-22-41)66-36-42-23-15-8-16-24-42/h5-24,45-46,57-58H,25-38H2,1-4H3,(H,51,55)(H,52,56)(H,53,59)(H,54,60)/t45-,46-/m0/s1. The fourth-order valence-corrected chi connectivity index (χ4v) is 10.5. The van der Waals surface area contributed by atoms with Crippen LogP contribution in [0.15, 0.2) is 121 Å². The number of amides is 4. The Kier molecular flexibility index (Phi) is 26.2. The number of hydrogen-bond donors (Lipinski definition) is 6. The highest BCUT2D eigenvalue weighted by Gasteiger charge is 2.39. The highest BCUT2D eigenvalue weighted by Crippen LogP contribution is 2.53. The summed E-state index contributed by atoms with van der Waals surface area (Å²) in [6.45, 7) is 6.05. The molecular weight excluding hydrogens is 1010 g/mol. The van der Waals surface area contributed by atoms with Crippen molar-refractivity contribution in [3.05, 3.63) is 144 Å². The summed E-state index contributed by atoms with van der Waals surface area (Å²) in [5.74, 6) is -0.903. The monoisotopic (exact) mass is 1070 g/mol. The van der Waals surface area contributed by atoms with Gasteiger partial charge in [0.15, 0.2) is 0 Å². The smallest absolute Gasteiger partial charge is 0.383 e. The maximum atomic E-state index is 13.7. The predicted octanol–water partition coefficient (Wildman–Crippen LogP) is 7.50.